The average molecular weight is 265 g/mol. The van der Waals surface area contributed by atoms with Crippen LogP contribution in [-0.2, 0) is 4.79 Å². The van der Waals surface area contributed by atoms with E-state index >= 15 is 0 Å². The molecule has 5 heteroatoms. The second-order valence-corrected chi connectivity index (χ2v) is 5.48. The Morgan fingerprint density at radius 1 is 1.33 bits per heavy atom. The van der Waals surface area contributed by atoms with Gasteiger partial charge in [-0.2, -0.15) is 0 Å². The first-order chi connectivity index (χ1) is 8.68. The van der Waals surface area contributed by atoms with Gasteiger partial charge in [-0.25, -0.2) is 0 Å². The number of benzene rings is 1. The predicted octanol–water partition coefficient (Wildman–Crippen LogP) is 3.45. The summed E-state index contributed by atoms with van der Waals surface area (Å²) in [4.78, 5) is 22.9. The summed E-state index contributed by atoms with van der Waals surface area (Å²) in [5.74, 6) is 0.756. The van der Waals surface area contributed by atoms with Gasteiger partial charge < -0.3 is 0 Å². The zero-order chi connectivity index (χ0) is 13.0. The van der Waals surface area contributed by atoms with Gasteiger partial charge in [0.1, 0.15) is 5.78 Å². The van der Waals surface area contributed by atoms with Gasteiger partial charge in [0.05, 0.1) is 15.6 Å². The molecule has 0 amide bonds. The second-order valence-electron chi connectivity index (χ2n) is 4.46. The SMILES string of the molecule is O=C(CSc1ccccc1[N+](=O)[O-])C1CCCC1. The van der Waals surface area contributed by atoms with Crippen LogP contribution in [0.3, 0.4) is 0 Å². The number of carbonyl (C=O) groups excluding carboxylic acids is 1. The van der Waals surface area contributed by atoms with Crippen molar-refractivity contribution in [3.63, 3.8) is 0 Å². The van der Waals surface area contributed by atoms with E-state index in [9.17, 15) is 14.9 Å². The third kappa shape index (κ3) is 3.10. The van der Waals surface area contributed by atoms with Crippen molar-refractivity contribution in [2.75, 3.05) is 5.75 Å². The summed E-state index contributed by atoms with van der Waals surface area (Å²) in [7, 11) is 0. The van der Waals surface area contributed by atoms with Crippen LogP contribution in [0.4, 0.5) is 5.69 Å². The van der Waals surface area contributed by atoms with Crippen LogP contribution in [0.5, 0.6) is 0 Å². The van der Waals surface area contributed by atoms with E-state index in [1.54, 1.807) is 18.2 Å². The van der Waals surface area contributed by atoms with Gasteiger partial charge in [0.2, 0.25) is 0 Å². The van der Waals surface area contributed by atoms with Gasteiger partial charge in [-0.05, 0) is 18.9 Å². The number of nitro groups is 1. The Morgan fingerprint density at radius 2 is 2.00 bits per heavy atom. The van der Waals surface area contributed by atoms with Gasteiger partial charge in [-0.1, -0.05) is 25.0 Å². The van der Waals surface area contributed by atoms with Crippen molar-refractivity contribution in [3.8, 4) is 0 Å². The van der Waals surface area contributed by atoms with Crippen LogP contribution in [0.15, 0.2) is 29.2 Å². The van der Waals surface area contributed by atoms with E-state index in [2.05, 4.69) is 0 Å². The molecule has 0 aliphatic heterocycles. The highest BCUT2D eigenvalue weighted by molar-refractivity contribution is 8.00. The molecule has 0 bridgehead atoms. The lowest BCUT2D eigenvalue weighted by atomic mass is 10.0. The monoisotopic (exact) mass is 265 g/mol. The molecule has 1 aromatic rings. The molecule has 1 fully saturated rings. The summed E-state index contributed by atoms with van der Waals surface area (Å²) in [6, 6.07) is 6.57. The van der Waals surface area contributed by atoms with Gasteiger partial charge in [0.15, 0.2) is 0 Å². The third-order valence-corrected chi connectivity index (χ3v) is 4.33. The second kappa shape index (κ2) is 6.00. The minimum atomic E-state index is -0.400. The van der Waals surface area contributed by atoms with Crippen LogP contribution in [0.25, 0.3) is 0 Å². The van der Waals surface area contributed by atoms with Gasteiger partial charge in [0.25, 0.3) is 5.69 Å². The molecular formula is C13H15NO3S. The van der Waals surface area contributed by atoms with E-state index in [0.717, 1.165) is 25.7 Å². The highest BCUT2D eigenvalue weighted by Gasteiger charge is 2.23. The van der Waals surface area contributed by atoms with Crippen LogP contribution < -0.4 is 0 Å². The first-order valence-electron chi connectivity index (χ1n) is 6.07. The number of rotatable bonds is 5. The maximum absolute atomic E-state index is 11.9. The molecule has 1 aliphatic rings. The molecule has 0 aromatic heterocycles. The summed E-state index contributed by atoms with van der Waals surface area (Å²) >= 11 is 1.28. The van der Waals surface area contributed by atoms with Crippen molar-refractivity contribution in [2.24, 2.45) is 5.92 Å². The fraction of sp³-hybridized carbons (Fsp3) is 0.462. The van der Waals surface area contributed by atoms with Crippen molar-refractivity contribution in [1.82, 2.24) is 0 Å². The predicted molar refractivity (Wildman–Crippen MR) is 70.8 cm³/mol. The Hall–Kier alpha value is -1.36. The quantitative estimate of drug-likeness (QED) is 0.465. The molecule has 0 unspecified atom stereocenters. The fourth-order valence-corrected chi connectivity index (χ4v) is 3.24. The van der Waals surface area contributed by atoms with E-state index < -0.39 is 4.92 Å². The molecule has 1 saturated carbocycles. The Balaban J connectivity index is 1.97. The van der Waals surface area contributed by atoms with Gasteiger partial charge in [-0.15, -0.1) is 11.8 Å². The molecule has 18 heavy (non-hydrogen) atoms. The number of ketones is 1. The van der Waals surface area contributed by atoms with Crippen LogP contribution in [-0.4, -0.2) is 16.5 Å². The Bertz CT molecular complexity index is 455. The number of carbonyl (C=O) groups is 1. The minimum Gasteiger partial charge on any atom is -0.298 e. The Morgan fingerprint density at radius 3 is 2.67 bits per heavy atom. The van der Waals surface area contributed by atoms with E-state index in [-0.39, 0.29) is 17.4 Å². The van der Waals surface area contributed by atoms with Crippen molar-refractivity contribution in [1.29, 1.82) is 0 Å². The molecule has 1 aromatic carbocycles. The average Bonchev–Trinajstić information content (AvgIpc) is 2.90. The van der Waals surface area contributed by atoms with Crippen molar-refractivity contribution in [2.45, 2.75) is 30.6 Å². The lowest BCUT2D eigenvalue weighted by molar-refractivity contribution is -0.387. The summed E-state index contributed by atoms with van der Waals surface area (Å²) in [6.07, 6.45) is 4.23. The van der Waals surface area contributed by atoms with Gasteiger partial charge in [-0.3, -0.25) is 14.9 Å². The molecule has 0 saturated heterocycles. The van der Waals surface area contributed by atoms with Gasteiger partial charge in [0, 0.05) is 12.0 Å². The third-order valence-electron chi connectivity index (χ3n) is 3.24. The summed E-state index contributed by atoms with van der Waals surface area (Å²) < 4.78 is 0. The highest BCUT2D eigenvalue weighted by Crippen LogP contribution is 2.31. The molecule has 2 rings (SSSR count). The number of hydrogen-bond donors (Lipinski definition) is 0. The number of thioether (sulfide) groups is 1. The number of nitrogens with zero attached hydrogens (tertiary/aromatic N) is 1. The Labute approximate surface area is 110 Å². The smallest absolute Gasteiger partial charge is 0.282 e. The molecular weight excluding hydrogens is 250 g/mol. The van der Waals surface area contributed by atoms with Crippen molar-refractivity contribution in [3.05, 3.63) is 34.4 Å². The first kappa shape index (κ1) is 13.1. The normalized spacial score (nSPS) is 15.8. The van der Waals surface area contributed by atoms with Crippen molar-refractivity contribution >= 4 is 23.2 Å². The molecule has 0 atom stereocenters. The standard InChI is InChI=1S/C13H15NO3S/c15-12(10-5-1-2-6-10)9-18-13-8-4-3-7-11(13)14(16)17/h3-4,7-8,10H,1-2,5-6,9H2. The largest absolute Gasteiger partial charge is 0.298 e. The molecule has 96 valence electrons. The molecule has 0 spiro atoms. The lowest BCUT2D eigenvalue weighted by Gasteiger charge is -2.07. The maximum atomic E-state index is 11.9. The van der Waals surface area contributed by atoms with E-state index in [0.29, 0.717) is 10.6 Å². The molecule has 1 aliphatic carbocycles. The molecule has 0 radical (unpaired) electrons. The highest BCUT2D eigenvalue weighted by atomic mass is 32.2. The lowest BCUT2D eigenvalue weighted by Crippen LogP contribution is -2.13. The zero-order valence-electron chi connectivity index (χ0n) is 10.0. The number of Topliss-reactive ketones (excluding diaryl/α,β-unsaturated/α-hetero) is 1. The maximum Gasteiger partial charge on any atom is 0.282 e. The van der Waals surface area contributed by atoms with E-state index in [4.69, 9.17) is 0 Å². The Kier molecular flexibility index (Phi) is 4.36. The van der Waals surface area contributed by atoms with Crippen LogP contribution in [0, 0.1) is 16.0 Å². The fourth-order valence-electron chi connectivity index (χ4n) is 2.24. The zero-order valence-corrected chi connectivity index (χ0v) is 10.8. The molecule has 0 N–H and O–H groups in total. The first-order valence-corrected chi connectivity index (χ1v) is 7.06. The van der Waals surface area contributed by atoms with Crippen LogP contribution in [0.1, 0.15) is 25.7 Å². The van der Waals surface area contributed by atoms with E-state index in [1.165, 1.54) is 17.8 Å². The summed E-state index contributed by atoms with van der Waals surface area (Å²) in [6.45, 7) is 0. The molecule has 0 heterocycles. The summed E-state index contributed by atoms with van der Waals surface area (Å²) in [5.41, 5.74) is 0.0849. The summed E-state index contributed by atoms with van der Waals surface area (Å²) in [5, 5.41) is 10.8. The van der Waals surface area contributed by atoms with Gasteiger partial charge >= 0.3 is 0 Å². The van der Waals surface area contributed by atoms with Crippen LogP contribution >= 0.6 is 11.8 Å². The van der Waals surface area contributed by atoms with Crippen LogP contribution in [0.2, 0.25) is 0 Å². The number of para-hydroxylation sites is 1. The topological polar surface area (TPSA) is 60.2 Å². The molecule has 4 nitrogen and oxygen atoms in total. The number of nitro benzene ring substituents is 1. The minimum absolute atomic E-state index is 0.0849. The van der Waals surface area contributed by atoms with E-state index in [1.807, 2.05) is 0 Å². The number of hydrogen-bond acceptors (Lipinski definition) is 4. The van der Waals surface area contributed by atoms with Crippen molar-refractivity contribution < 1.29 is 9.72 Å².